The summed E-state index contributed by atoms with van der Waals surface area (Å²) < 4.78 is 38.2. The van der Waals surface area contributed by atoms with Crippen LogP contribution in [0, 0.1) is 0 Å². The van der Waals surface area contributed by atoms with Crippen molar-refractivity contribution >= 4 is 0 Å². The highest BCUT2D eigenvalue weighted by atomic mass is 19.4. The smallest absolute Gasteiger partial charge is 0.312 e. The molecular formula is C11H16F3N3. The Labute approximate surface area is 98.0 Å². The van der Waals surface area contributed by atoms with E-state index in [1.54, 1.807) is 0 Å². The predicted molar refractivity (Wildman–Crippen MR) is 57.5 cm³/mol. The minimum atomic E-state index is -4.34. The summed E-state index contributed by atoms with van der Waals surface area (Å²) in [4.78, 5) is 0. The molecule has 17 heavy (non-hydrogen) atoms. The number of rotatable bonds is 4. The first-order chi connectivity index (χ1) is 8.05. The first-order valence-corrected chi connectivity index (χ1v) is 5.90. The maximum Gasteiger partial charge on any atom is 0.435 e. The largest absolute Gasteiger partial charge is 0.435 e. The fraction of sp³-hybridized carbons (Fsp3) is 0.727. The van der Waals surface area contributed by atoms with E-state index >= 15 is 0 Å². The standard InChI is InChI=1S/C11H16F3N3/c12-11(13,14)10-5-7-17(16-10)8-6-15-9-3-1-2-4-9/h5,7,9,15H,1-4,6,8H2. The van der Waals surface area contributed by atoms with Gasteiger partial charge in [0, 0.05) is 18.8 Å². The molecule has 1 aromatic rings. The molecular weight excluding hydrogens is 231 g/mol. The second-order valence-electron chi connectivity index (χ2n) is 4.40. The van der Waals surface area contributed by atoms with Crippen LogP contribution >= 0.6 is 0 Å². The normalized spacial score (nSPS) is 17.8. The van der Waals surface area contributed by atoms with E-state index in [-0.39, 0.29) is 0 Å². The van der Waals surface area contributed by atoms with E-state index < -0.39 is 11.9 Å². The van der Waals surface area contributed by atoms with Crippen LogP contribution in [0.5, 0.6) is 0 Å². The predicted octanol–water partition coefficient (Wildman–Crippen LogP) is 2.43. The molecule has 0 unspecified atom stereocenters. The van der Waals surface area contributed by atoms with Gasteiger partial charge in [0.15, 0.2) is 5.69 Å². The lowest BCUT2D eigenvalue weighted by atomic mass is 10.2. The van der Waals surface area contributed by atoms with Gasteiger partial charge in [-0.1, -0.05) is 12.8 Å². The monoisotopic (exact) mass is 247 g/mol. The van der Waals surface area contributed by atoms with E-state index in [1.165, 1.54) is 36.6 Å². The number of hydrogen-bond acceptors (Lipinski definition) is 2. The molecule has 0 spiro atoms. The average Bonchev–Trinajstić information content (AvgIpc) is 2.86. The molecule has 1 N–H and O–H groups in total. The first kappa shape index (κ1) is 12.4. The Morgan fingerprint density at radius 2 is 2.06 bits per heavy atom. The van der Waals surface area contributed by atoms with Crippen LogP contribution in [-0.2, 0) is 12.7 Å². The lowest BCUT2D eigenvalue weighted by Gasteiger charge is -2.11. The quantitative estimate of drug-likeness (QED) is 0.885. The first-order valence-electron chi connectivity index (χ1n) is 5.90. The van der Waals surface area contributed by atoms with Gasteiger partial charge in [-0.15, -0.1) is 0 Å². The SMILES string of the molecule is FC(F)(F)c1ccn(CCNC2CCCC2)n1. The lowest BCUT2D eigenvalue weighted by Crippen LogP contribution is -2.29. The number of hydrogen-bond donors (Lipinski definition) is 1. The Balaban J connectivity index is 1.77. The molecule has 1 aromatic heterocycles. The topological polar surface area (TPSA) is 29.9 Å². The summed E-state index contributed by atoms with van der Waals surface area (Å²) in [6, 6.07) is 1.54. The minimum Gasteiger partial charge on any atom is -0.312 e. The van der Waals surface area contributed by atoms with Gasteiger partial charge in [-0.3, -0.25) is 4.68 Å². The van der Waals surface area contributed by atoms with Crippen molar-refractivity contribution in [3.05, 3.63) is 18.0 Å². The highest BCUT2D eigenvalue weighted by Crippen LogP contribution is 2.27. The molecule has 3 nitrogen and oxygen atoms in total. The summed E-state index contributed by atoms with van der Waals surface area (Å²) in [5.74, 6) is 0. The highest BCUT2D eigenvalue weighted by Gasteiger charge is 2.33. The van der Waals surface area contributed by atoms with Crippen molar-refractivity contribution in [1.82, 2.24) is 15.1 Å². The van der Waals surface area contributed by atoms with Crippen LogP contribution in [0.2, 0.25) is 0 Å². The van der Waals surface area contributed by atoms with Crippen LogP contribution in [0.25, 0.3) is 0 Å². The molecule has 1 heterocycles. The fourth-order valence-electron chi connectivity index (χ4n) is 2.15. The van der Waals surface area contributed by atoms with E-state index in [0.29, 0.717) is 19.1 Å². The molecule has 96 valence electrons. The number of alkyl halides is 3. The average molecular weight is 247 g/mol. The number of halogens is 3. The Morgan fingerprint density at radius 1 is 1.35 bits per heavy atom. The molecule has 0 aliphatic heterocycles. The van der Waals surface area contributed by atoms with Crippen LogP contribution < -0.4 is 5.32 Å². The van der Waals surface area contributed by atoms with Crippen molar-refractivity contribution in [2.45, 2.75) is 44.4 Å². The number of nitrogens with zero attached hydrogens (tertiary/aromatic N) is 2. The molecule has 0 saturated heterocycles. The number of aromatic nitrogens is 2. The molecule has 0 atom stereocenters. The van der Waals surface area contributed by atoms with Gasteiger partial charge in [0.2, 0.25) is 0 Å². The summed E-state index contributed by atoms with van der Waals surface area (Å²) in [7, 11) is 0. The second-order valence-corrected chi connectivity index (χ2v) is 4.40. The molecule has 1 aliphatic carbocycles. The van der Waals surface area contributed by atoms with Crippen molar-refractivity contribution in [2.24, 2.45) is 0 Å². The van der Waals surface area contributed by atoms with Crippen molar-refractivity contribution in [3.63, 3.8) is 0 Å². The molecule has 0 radical (unpaired) electrons. The summed E-state index contributed by atoms with van der Waals surface area (Å²) in [6.45, 7) is 1.15. The van der Waals surface area contributed by atoms with Gasteiger partial charge in [0.05, 0.1) is 6.54 Å². The third-order valence-corrected chi connectivity index (χ3v) is 3.06. The van der Waals surface area contributed by atoms with Gasteiger partial charge in [-0.2, -0.15) is 18.3 Å². The van der Waals surface area contributed by atoms with E-state index in [2.05, 4.69) is 10.4 Å². The van der Waals surface area contributed by atoms with Crippen molar-refractivity contribution in [1.29, 1.82) is 0 Å². The van der Waals surface area contributed by atoms with E-state index in [9.17, 15) is 13.2 Å². The van der Waals surface area contributed by atoms with Crippen LogP contribution in [-0.4, -0.2) is 22.4 Å². The van der Waals surface area contributed by atoms with Gasteiger partial charge in [0.25, 0.3) is 0 Å². The lowest BCUT2D eigenvalue weighted by molar-refractivity contribution is -0.141. The van der Waals surface area contributed by atoms with Gasteiger partial charge in [-0.05, 0) is 18.9 Å². The summed E-state index contributed by atoms with van der Waals surface area (Å²) in [5.41, 5.74) is -0.821. The Hall–Kier alpha value is -1.04. The van der Waals surface area contributed by atoms with Crippen molar-refractivity contribution in [3.8, 4) is 0 Å². The summed E-state index contributed by atoms with van der Waals surface area (Å²) in [5, 5.41) is 6.83. The summed E-state index contributed by atoms with van der Waals surface area (Å²) >= 11 is 0. The second kappa shape index (κ2) is 5.08. The molecule has 0 amide bonds. The van der Waals surface area contributed by atoms with E-state index in [0.717, 1.165) is 6.07 Å². The van der Waals surface area contributed by atoms with Crippen LogP contribution in [0.3, 0.4) is 0 Å². The molecule has 0 aromatic carbocycles. The van der Waals surface area contributed by atoms with E-state index in [4.69, 9.17) is 0 Å². The molecule has 0 bridgehead atoms. The molecule has 1 saturated carbocycles. The molecule has 2 rings (SSSR count). The van der Waals surface area contributed by atoms with Crippen LogP contribution in [0.15, 0.2) is 12.3 Å². The van der Waals surface area contributed by atoms with Crippen LogP contribution in [0.1, 0.15) is 31.4 Å². The zero-order valence-corrected chi connectivity index (χ0v) is 9.50. The highest BCUT2D eigenvalue weighted by molar-refractivity contribution is 5.03. The van der Waals surface area contributed by atoms with E-state index in [1.807, 2.05) is 0 Å². The molecule has 1 fully saturated rings. The Kier molecular flexibility index (Phi) is 3.71. The Morgan fingerprint density at radius 3 is 2.65 bits per heavy atom. The van der Waals surface area contributed by atoms with Crippen molar-refractivity contribution < 1.29 is 13.2 Å². The number of nitrogens with one attached hydrogen (secondary N) is 1. The van der Waals surface area contributed by atoms with Gasteiger partial charge in [-0.25, -0.2) is 0 Å². The Bertz CT molecular complexity index is 353. The van der Waals surface area contributed by atoms with Crippen LogP contribution in [0.4, 0.5) is 13.2 Å². The van der Waals surface area contributed by atoms with Gasteiger partial charge < -0.3 is 5.32 Å². The zero-order valence-electron chi connectivity index (χ0n) is 9.50. The third kappa shape index (κ3) is 3.46. The zero-order chi connectivity index (χ0) is 12.3. The van der Waals surface area contributed by atoms with Gasteiger partial charge in [0.1, 0.15) is 0 Å². The molecule has 1 aliphatic rings. The summed E-state index contributed by atoms with van der Waals surface area (Å²) in [6.07, 6.45) is 1.87. The maximum atomic E-state index is 12.3. The molecule has 6 heteroatoms. The minimum absolute atomic E-state index is 0.479. The third-order valence-electron chi connectivity index (χ3n) is 3.06. The fourth-order valence-corrected chi connectivity index (χ4v) is 2.15. The van der Waals surface area contributed by atoms with Crippen molar-refractivity contribution in [2.75, 3.05) is 6.54 Å². The maximum absolute atomic E-state index is 12.3. The van der Waals surface area contributed by atoms with Gasteiger partial charge >= 0.3 is 6.18 Å².